The molecule has 1 rings (SSSR count). The highest BCUT2D eigenvalue weighted by atomic mass is 127. The smallest absolute Gasteiger partial charge is 0.214 e. The molecule has 0 bridgehead atoms. The topological polar surface area (TPSA) is 46.2 Å². The Morgan fingerprint density at radius 1 is 1.15 bits per heavy atom. The molecule has 0 aliphatic rings. The van der Waals surface area contributed by atoms with E-state index in [1.54, 1.807) is 12.1 Å². The molecule has 6 heteroatoms. The zero-order valence-corrected chi connectivity index (χ0v) is 11.8. The second-order valence-corrected chi connectivity index (χ2v) is 6.69. The summed E-state index contributed by atoms with van der Waals surface area (Å²) in [4.78, 5) is 0.311. The molecule has 0 aliphatic heterocycles. The molecule has 0 aromatic heterocycles. The third-order valence-corrected chi connectivity index (χ3v) is 4.05. The minimum atomic E-state index is -3.30. The third-order valence-electron chi connectivity index (χ3n) is 1.42. The van der Waals surface area contributed by atoms with Crippen LogP contribution in [0.5, 0.6) is 0 Å². The number of benzene rings is 1. The van der Waals surface area contributed by atoms with Crippen LogP contribution in [0.25, 0.3) is 0 Å². The molecule has 0 unspecified atom stereocenters. The lowest BCUT2D eigenvalue weighted by Crippen LogP contribution is -2.18. The lowest BCUT2D eigenvalue weighted by Gasteiger charge is -2.03. The predicted molar refractivity (Wildman–Crippen MR) is 68.1 cm³/mol. The molecular formula is C7H7I2NO2S. The Morgan fingerprint density at radius 2 is 1.62 bits per heavy atom. The van der Waals surface area contributed by atoms with Crippen LogP contribution in [0.2, 0.25) is 0 Å². The van der Waals surface area contributed by atoms with Crippen molar-refractivity contribution >= 4 is 55.2 Å². The fourth-order valence-corrected chi connectivity index (χ4v) is 3.96. The predicted octanol–water partition coefficient (Wildman–Crippen LogP) is 1.80. The summed E-state index contributed by atoms with van der Waals surface area (Å²) in [6, 6.07) is 5.18. The summed E-state index contributed by atoms with van der Waals surface area (Å²) in [5.41, 5.74) is 0. The van der Waals surface area contributed by atoms with Gasteiger partial charge < -0.3 is 0 Å². The van der Waals surface area contributed by atoms with Crippen molar-refractivity contribution in [1.82, 2.24) is 4.72 Å². The maximum Gasteiger partial charge on any atom is 0.240 e. The molecule has 0 spiro atoms. The Morgan fingerprint density at radius 3 is 2.00 bits per heavy atom. The summed E-state index contributed by atoms with van der Waals surface area (Å²) in [7, 11) is -1.90. The van der Waals surface area contributed by atoms with Crippen molar-refractivity contribution in [1.29, 1.82) is 0 Å². The number of nitrogens with one attached hydrogen (secondary N) is 1. The van der Waals surface area contributed by atoms with Gasteiger partial charge in [-0.25, -0.2) is 13.1 Å². The fraction of sp³-hybridized carbons (Fsp3) is 0.143. The molecular weight excluding hydrogens is 416 g/mol. The summed E-state index contributed by atoms with van der Waals surface area (Å²) in [5, 5.41) is 0. The zero-order chi connectivity index (χ0) is 10.1. The van der Waals surface area contributed by atoms with Gasteiger partial charge in [0.1, 0.15) is 0 Å². The van der Waals surface area contributed by atoms with Crippen molar-refractivity contribution in [3.8, 4) is 0 Å². The number of halogens is 2. The van der Waals surface area contributed by atoms with E-state index in [0.717, 1.165) is 7.14 Å². The minimum Gasteiger partial charge on any atom is -0.214 e. The third kappa shape index (κ3) is 3.03. The van der Waals surface area contributed by atoms with E-state index in [9.17, 15) is 8.42 Å². The van der Waals surface area contributed by atoms with Crippen LogP contribution in [0.15, 0.2) is 23.1 Å². The van der Waals surface area contributed by atoms with E-state index in [0.29, 0.717) is 4.90 Å². The average molecular weight is 423 g/mol. The Kier molecular flexibility index (Phi) is 3.95. The molecule has 0 fully saturated rings. The van der Waals surface area contributed by atoms with Gasteiger partial charge in [-0.2, -0.15) is 0 Å². The molecule has 13 heavy (non-hydrogen) atoms. The molecule has 1 aromatic carbocycles. The van der Waals surface area contributed by atoms with Gasteiger partial charge in [0.2, 0.25) is 10.0 Å². The Bertz CT molecular complexity index is 396. The first kappa shape index (κ1) is 11.7. The van der Waals surface area contributed by atoms with Crippen LogP contribution in [-0.4, -0.2) is 15.5 Å². The molecule has 1 N–H and O–H groups in total. The van der Waals surface area contributed by atoms with E-state index in [4.69, 9.17) is 0 Å². The molecule has 3 nitrogen and oxygen atoms in total. The van der Waals surface area contributed by atoms with E-state index >= 15 is 0 Å². The van der Waals surface area contributed by atoms with Crippen molar-refractivity contribution in [3.63, 3.8) is 0 Å². The highest BCUT2D eigenvalue weighted by molar-refractivity contribution is 14.1. The maximum absolute atomic E-state index is 11.4. The molecule has 0 atom stereocenters. The molecule has 0 aliphatic carbocycles. The van der Waals surface area contributed by atoms with Crippen LogP contribution >= 0.6 is 45.2 Å². The molecule has 0 saturated carbocycles. The molecule has 72 valence electrons. The monoisotopic (exact) mass is 423 g/mol. The van der Waals surface area contributed by atoms with Crippen molar-refractivity contribution in [2.75, 3.05) is 7.05 Å². The summed E-state index contributed by atoms with van der Waals surface area (Å²) in [6.07, 6.45) is 0. The molecule has 0 saturated heterocycles. The van der Waals surface area contributed by atoms with Crippen molar-refractivity contribution in [3.05, 3.63) is 25.3 Å². The van der Waals surface area contributed by atoms with Crippen LogP contribution in [0.1, 0.15) is 0 Å². The SMILES string of the molecule is CNS(=O)(=O)c1cc(I)cc(I)c1. The lowest BCUT2D eigenvalue weighted by molar-refractivity contribution is 0.588. The van der Waals surface area contributed by atoms with Gasteiger partial charge in [0.05, 0.1) is 4.90 Å². The number of hydrogen-bond donors (Lipinski definition) is 1. The minimum absolute atomic E-state index is 0.311. The van der Waals surface area contributed by atoms with Gasteiger partial charge in [-0.15, -0.1) is 0 Å². The van der Waals surface area contributed by atoms with Crippen molar-refractivity contribution in [2.45, 2.75) is 4.90 Å². The fourth-order valence-electron chi connectivity index (χ4n) is 0.802. The summed E-state index contributed by atoms with van der Waals surface area (Å²) < 4.78 is 26.9. The van der Waals surface area contributed by atoms with E-state index in [2.05, 4.69) is 49.9 Å². The van der Waals surface area contributed by atoms with Crippen molar-refractivity contribution in [2.24, 2.45) is 0 Å². The molecule has 0 heterocycles. The van der Waals surface area contributed by atoms with Crippen LogP contribution in [0.4, 0.5) is 0 Å². The normalized spacial score (nSPS) is 11.6. The quantitative estimate of drug-likeness (QED) is 0.739. The first-order chi connectivity index (χ1) is 5.95. The van der Waals surface area contributed by atoms with Crippen LogP contribution in [0.3, 0.4) is 0 Å². The Hall–Kier alpha value is 0.590. The summed E-state index contributed by atoms with van der Waals surface area (Å²) >= 11 is 4.18. The van der Waals surface area contributed by atoms with Gasteiger partial charge in [-0.05, 0) is 70.4 Å². The molecule has 0 radical (unpaired) electrons. The van der Waals surface area contributed by atoms with Crippen molar-refractivity contribution < 1.29 is 8.42 Å². The maximum atomic E-state index is 11.4. The zero-order valence-electron chi connectivity index (χ0n) is 6.71. The van der Waals surface area contributed by atoms with Crippen LogP contribution in [0, 0.1) is 7.14 Å². The van der Waals surface area contributed by atoms with E-state index in [-0.39, 0.29) is 0 Å². The van der Waals surface area contributed by atoms with E-state index in [1.165, 1.54) is 7.05 Å². The Balaban J connectivity index is 3.32. The number of rotatable bonds is 2. The van der Waals surface area contributed by atoms with Gasteiger partial charge in [0, 0.05) is 7.14 Å². The average Bonchev–Trinajstić information content (AvgIpc) is 2.02. The molecule has 0 amide bonds. The Labute approximate surface area is 105 Å². The number of sulfonamides is 1. The first-order valence-corrected chi connectivity index (χ1v) is 6.99. The standard InChI is InChI=1S/C7H7I2NO2S/c1-10-13(11,12)7-3-5(8)2-6(9)4-7/h2-4,10H,1H3. The van der Waals surface area contributed by atoms with Gasteiger partial charge in [-0.1, -0.05) is 0 Å². The number of hydrogen-bond acceptors (Lipinski definition) is 2. The lowest BCUT2D eigenvalue weighted by atomic mass is 10.4. The largest absolute Gasteiger partial charge is 0.240 e. The highest BCUT2D eigenvalue weighted by Gasteiger charge is 2.11. The van der Waals surface area contributed by atoms with Crippen LogP contribution < -0.4 is 4.72 Å². The second-order valence-electron chi connectivity index (χ2n) is 2.31. The van der Waals surface area contributed by atoms with Gasteiger partial charge in [0.25, 0.3) is 0 Å². The van der Waals surface area contributed by atoms with E-state index < -0.39 is 10.0 Å². The summed E-state index contributed by atoms with van der Waals surface area (Å²) in [6.45, 7) is 0. The second kappa shape index (κ2) is 4.41. The van der Waals surface area contributed by atoms with Gasteiger partial charge in [0.15, 0.2) is 0 Å². The van der Waals surface area contributed by atoms with E-state index in [1.807, 2.05) is 6.07 Å². The molecule has 1 aromatic rings. The van der Waals surface area contributed by atoms with Crippen LogP contribution in [-0.2, 0) is 10.0 Å². The first-order valence-electron chi connectivity index (χ1n) is 3.35. The van der Waals surface area contributed by atoms with Gasteiger partial charge >= 0.3 is 0 Å². The van der Waals surface area contributed by atoms with Gasteiger partial charge in [-0.3, -0.25) is 0 Å². The highest BCUT2D eigenvalue weighted by Crippen LogP contribution is 2.17. The summed E-state index contributed by atoms with van der Waals surface area (Å²) in [5.74, 6) is 0.